The van der Waals surface area contributed by atoms with Crippen molar-refractivity contribution < 1.29 is 14.6 Å². The maximum Gasteiger partial charge on any atom is 0.260 e. The molecule has 0 spiro atoms. The Morgan fingerprint density at radius 3 is 2.47 bits per heavy atom. The summed E-state index contributed by atoms with van der Waals surface area (Å²) in [6.45, 7) is 7.57. The highest BCUT2D eigenvalue weighted by Gasteiger charge is 2.13. The van der Waals surface area contributed by atoms with E-state index >= 15 is 0 Å². The summed E-state index contributed by atoms with van der Waals surface area (Å²) in [6, 6.07) is 5.63. The maximum absolute atomic E-state index is 11.8. The van der Waals surface area contributed by atoms with Crippen molar-refractivity contribution in [2.24, 2.45) is 0 Å². The van der Waals surface area contributed by atoms with Gasteiger partial charge in [-0.05, 0) is 51.0 Å². The molecule has 1 unspecified atom stereocenters. The van der Waals surface area contributed by atoms with E-state index in [4.69, 9.17) is 4.74 Å². The highest BCUT2D eigenvalue weighted by molar-refractivity contribution is 5.77. The summed E-state index contributed by atoms with van der Waals surface area (Å²) >= 11 is 0. The Kier molecular flexibility index (Phi) is 5.36. The number of aryl methyl sites for hydroxylation is 1. The highest BCUT2D eigenvalue weighted by Crippen LogP contribution is 2.22. The number of aliphatic hydroxyl groups excluding tert-OH is 1. The second-order valence-electron chi connectivity index (χ2n) is 5.09. The monoisotopic (exact) mass is 265 g/mol. The number of benzene rings is 1. The first kappa shape index (κ1) is 15.5. The first-order chi connectivity index (χ1) is 8.82. The van der Waals surface area contributed by atoms with Gasteiger partial charge in [-0.1, -0.05) is 6.07 Å². The number of hydrogen-bond acceptors (Lipinski definition) is 3. The molecule has 1 N–H and O–H groups in total. The number of nitrogens with zero attached hydrogens (tertiary/aromatic N) is 1. The van der Waals surface area contributed by atoms with Crippen LogP contribution in [0.2, 0.25) is 0 Å². The maximum atomic E-state index is 11.8. The zero-order valence-corrected chi connectivity index (χ0v) is 12.3. The van der Waals surface area contributed by atoms with E-state index in [1.165, 1.54) is 0 Å². The van der Waals surface area contributed by atoms with Crippen molar-refractivity contribution in [1.29, 1.82) is 0 Å². The molecule has 0 bridgehead atoms. The third kappa shape index (κ3) is 4.24. The third-order valence-electron chi connectivity index (χ3n) is 3.20. The van der Waals surface area contributed by atoms with Gasteiger partial charge < -0.3 is 14.7 Å². The molecule has 1 aromatic carbocycles. The minimum atomic E-state index is -0.499. The van der Waals surface area contributed by atoms with E-state index in [0.29, 0.717) is 5.75 Å². The number of amides is 1. The molecule has 0 aliphatic carbocycles. The van der Waals surface area contributed by atoms with Gasteiger partial charge in [0.05, 0.1) is 6.10 Å². The van der Waals surface area contributed by atoms with Gasteiger partial charge in [0.25, 0.3) is 5.91 Å². The van der Waals surface area contributed by atoms with Crippen LogP contribution in [0.25, 0.3) is 0 Å². The fourth-order valence-electron chi connectivity index (χ4n) is 1.62. The van der Waals surface area contributed by atoms with Crippen molar-refractivity contribution in [2.75, 3.05) is 13.7 Å². The van der Waals surface area contributed by atoms with E-state index in [0.717, 1.165) is 11.1 Å². The Bertz CT molecular complexity index is 441. The molecule has 0 saturated heterocycles. The van der Waals surface area contributed by atoms with Crippen LogP contribution in [-0.4, -0.2) is 35.6 Å². The summed E-state index contributed by atoms with van der Waals surface area (Å²) in [5.74, 6) is 0.629. The lowest BCUT2D eigenvalue weighted by molar-refractivity contribution is -0.133. The fraction of sp³-hybridized carbons (Fsp3) is 0.533. The number of carbonyl (C=O) groups excluding carboxylic acids is 1. The zero-order valence-electron chi connectivity index (χ0n) is 12.3. The van der Waals surface area contributed by atoms with E-state index in [-0.39, 0.29) is 18.6 Å². The predicted molar refractivity (Wildman–Crippen MR) is 75.2 cm³/mol. The first-order valence-electron chi connectivity index (χ1n) is 6.50. The Balaban J connectivity index is 2.66. The van der Waals surface area contributed by atoms with Crippen LogP contribution < -0.4 is 4.74 Å². The van der Waals surface area contributed by atoms with Crippen molar-refractivity contribution >= 4 is 5.91 Å². The average molecular weight is 265 g/mol. The number of likely N-dealkylation sites (N-methyl/N-ethyl adjacent to an activating group) is 1. The second kappa shape index (κ2) is 6.57. The van der Waals surface area contributed by atoms with Gasteiger partial charge in [-0.2, -0.15) is 0 Å². The molecule has 106 valence electrons. The molecule has 1 amide bonds. The molecule has 1 rings (SSSR count). The fourth-order valence-corrected chi connectivity index (χ4v) is 1.62. The van der Waals surface area contributed by atoms with Crippen LogP contribution in [0, 0.1) is 6.92 Å². The first-order valence-corrected chi connectivity index (χ1v) is 6.50. The van der Waals surface area contributed by atoms with Crippen LogP contribution in [0.15, 0.2) is 18.2 Å². The molecule has 1 aromatic rings. The van der Waals surface area contributed by atoms with Gasteiger partial charge in [0.1, 0.15) is 5.75 Å². The lowest BCUT2D eigenvalue weighted by Gasteiger charge is -2.21. The highest BCUT2D eigenvalue weighted by atomic mass is 16.5. The summed E-state index contributed by atoms with van der Waals surface area (Å²) in [5, 5.41) is 9.49. The molecule has 0 saturated carbocycles. The van der Waals surface area contributed by atoms with Gasteiger partial charge in [-0.15, -0.1) is 0 Å². The van der Waals surface area contributed by atoms with Gasteiger partial charge in [0.15, 0.2) is 6.61 Å². The molecule has 0 aromatic heterocycles. The second-order valence-corrected chi connectivity index (χ2v) is 5.09. The Morgan fingerprint density at radius 1 is 1.37 bits per heavy atom. The van der Waals surface area contributed by atoms with E-state index in [9.17, 15) is 9.90 Å². The predicted octanol–water partition coefficient (Wildman–Crippen LogP) is 2.29. The summed E-state index contributed by atoms with van der Waals surface area (Å²) in [7, 11) is 1.76. The van der Waals surface area contributed by atoms with Gasteiger partial charge in [-0.25, -0.2) is 0 Å². The normalized spacial score (nSPS) is 12.4. The van der Waals surface area contributed by atoms with Crippen LogP contribution in [0.3, 0.4) is 0 Å². The summed E-state index contributed by atoms with van der Waals surface area (Å²) in [4.78, 5) is 13.5. The third-order valence-corrected chi connectivity index (χ3v) is 3.20. The Morgan fingerprint density at radius 2 is 2.00 bits per heavy atom. The Hall–Kier alpha value is -1.55. The molecule has 0 heterocycles. The molecule has 4 heteroatoms. The molecule has 0 fully saturated rings. The lowest BCUT2D eigenvalue weighted by atomic mass is 10.1. The van der Waals surface area contributed by atoms with Gasteiger partial charge in [0.2, 0.25) is 0 Å². The molecular formula is C15H23NO3. The topological polar surface area (TPSA) is 49.8 Å². The van der Waals surface area contributed by atoms with E-state index < -0.39 is 6.10 Å². The summed E-state index contributed by atoms with van der Waals surface area (Å²) < 4.78 is 5.53. The minimum absolute atomic E-state index is 0.0313. The number of aliphatic hydroxyl groups is 1. The van der Waals surface area contributed by atoms with Crippen LogP contribution in [0.5, 0.6) is 5.75 Å². The zero-order chi connectivity index (χ0) is 14.6. The molecule has 0 aliphatic heterocycles. The van der Waals surface area contributed by atoms with Crippen LogP contribution in [0.1, 0.15) is 38.0 Å². The number of ether oxygens (including phenoxy) is 1. The summed E-state index contributed by atoms with van der Waals surface area (Å²) in [6.07, 6.45) is -0.499. The van der Waals surface area contributed by atoms with E-state index in [2.05, 4.69) is 0 Å². The van der Waals surface area contributed by atoms with Crippen molar-refractivity contribution in [3.8, 4) is 5.75 Å². The largest absolute Gasteiger partial charge is 0.484 e. The number of carbonyl (C=O) groups is 1. The molecule has 19 heavy (non-hydrogen) atoms. The SMILES string of the molecule is Cc1cc(C(C)O)ccc1OCC(=O)N(C)C(C)C. The van der Waals surface area contributed by atoms with Gasteiger partial charge in [-0.3, -0.25) is 4.79 Å². The van der Waals surface area contributed by atoms with Crippen molar-refractivity contribution in [1.82, 2.24) is 4.90 Å². The molecule has 4 nitrogen and oxygen atoms in total. The molecule has 0 aliphatic rings. The Labute approximate surface area is 115 Å². The number of hydrogen-bond donors (Lipinski definition) is 1. The average Bonchev–Trinajstić information content (AvgIpc) is 2.35. The molecule has 1 atom stereocenters. The quantitative estimate of drug-likeness (QED) is 0.888. The molecular weight excluding hydrogens is 242 g/mol. The van der Waals surface area contributed by atoms with E-state index in [1.54, 1.807) is 24.9 Å². The molecule has 0 radical (unpaired) electrons. The van der Waals surface area contributed by atoms with E-state index in [1.807, 2.05) is 32.9 Å². The minimum Gasteiger partial charge on any atom is -0.484 e. The summed E-state index contributed by atoms with van der Waals surface area (Å²) in [5.41, 5.74) is 1.76. The van der Waals surface area contributed by atoms with Crippen molar-refractivity contribution in [3.63, 3.8) is 0 Å². The van der Waals surface area contributed by atoms with Crippen LogP contribution in [-0.2, 0) is 4.79 Å². The van der Waals surface area contributed by atoms with Crippen LogP contribution >= 0.6 is 0 Å². The van der Waals surface area contributed by atoms with Crippen molar-refractivity contribution in [3.05, 3.63) is 29.3 Å². The van der Waals surface area contributed by atoms with Crippen molar-refractivity contribution in [2.45, 2.75) is 39.8 Å². The standard InChI is InChI=1S/C15H23NO3/c1-10(2)16(5)15(18)9-19-14-7-6-13(12(4)17)8-11(14)3/h6-8,10,12,17H,9H2,1-5H3. The smallest absolute Gasteiger partial charge is 0.260 e. The number of rotatable bonds is 5. The van der Waals surface area contributed by atoms with Crippen LogP contribution in [0.4, 0.5) is 0 Å². The van der Waals surface area contributed by atoms with Gasteiger partial charge in [0, 0.05) is 13.1 Å². The lowest BCUT2D eigenvalue weighted by Crippen LogP contribution is -2.36. The van der Waals surface area contributed by atoms with Gasteiger partial charge >= 0.3 is 0 Å².